The highest BCUT2D eigenvalue weighted by Gasteiger charge is 2.20. The van der Waals surface area contributed by atoms with Crippen LogP contribution in [0.4, 0.5) is 0 Å². The van der Waals surface area contributed by atoms with Gasteiger partial charge in [-0.3, -0.25) is 0 Å². The van der Waals surface area contributed by atoms with Gasteiger partial charge in [0.15, 0.2) is 0 Å². The Morgan fingerprint density at radius 1 is 1.00 bits per heavy atom. The molecule has 0 bridgehead atoms. The van der Waals surface area contributed by atoms with Crippen LogP contribution >= 0.6 is 0 Å². The average Bonchev–Trinajstić information content (AvgIpc) is 3.21. The van der Waals surface area contributed by atoms with Gasteiger partial charge in [-0.1, -0.05) is 48.0 Å². The molecule has 2 aromatic rings. The van der Waals surface area contributed by atoms with Crippen LogP contribution < -0.4 is 5.32 Å². The average molecular weight is 251 g/mol. The van der Waals surface area contributed by atoms with E-state index in [1.54, 1.807) is 0 Å². The van der Waals surface area contributed by atoms with Crippen molar-refractivity contribution in [3.63, 3.8) is 0 Å². The van der Waals surface area contributed by atoms with Crippen LogP contribution in [0.3, 0.4) is 0 Å². The lowest BCUT2D eigenvalue weighted by Crippen LogP contribution is -2.15. The van der Waals surface area contributed by atoms with Gasteiger partial charge in [0.2, 0.25) is 0 Å². The Bertz CT molecular complexity index is 582. The van der Waals surface area contributed by atoms with Gasteiger partial charge < -0.3 is 5.32 Å². The molecule has 0 aliphatic heterocycles. The second-order valence-corrected chi connectivity index (χ2v) is 5.63. The SMILES string of the molecule is Cc1ccc(-c2ccccc2CNC2CC2)c(C)c1. The second-order valence-electron chi connectivity index (χ2n) is 5.63. The fraction of sp³-hybridized carbons (Fsp3) is 0.333. The van der Waals surface area contributed by atoms with Crippen LogP contribution in [0.1, 0.15) is 29.5 Å². The first kappa shape index (κ1) is 12.4. The molecule has 3 rings (SSSR count). The monoisotopic (exact) mass is 251 g/mol. The number of hydrogen-bond acceptors (Lipinski definition) is 1. The Morgan fingerprint density at radius 3 is 2.53 bits per heavy atom. The minimum atomic E-state index is 0.757. The van der Waals surface area contributed by atoms with E-state index in [0.717, 1.165) is 12.6 Å². The number of nitrogens with one attached hydrogen (secondary N) is 1. The lowest BCUT2D eigenvalue weighted by molar-refractivity contribution is 0.689. The van der Waals surface area contributed by atoms with Crippen molar-refractivity contribution in [2.45, 2.75) is 39.3 Å². The summed E-state index contributed by atoms with van der Waals surface area (Å²) in [6.07, 6.45) is 2.68. The Labute approximate surface area is 115 Å². The third kappa shape index (κ3) is 2.87. The summed E-state index contributed by atoms with van der Waals surface area (Å²) in [4.78, 5) is 0. The fourth-order valence-electron chi connectivity index (χ4n) is 2.59. The van der Waals surface area contributed by atoms with Crippen LogP contribution in [0.15, 0.2) is 42.5 Å². The first-order valence-corrected chi connectivity index (χ1v) is 7.13. The van der Waals surface area contributed by atoms with Crippen LogP contribution in [0.5, 0.6) is 0 Å². The van der Waals surface area contributed by atoms with E-state index in [-0.39, 0.29) is 0 Å². The van der Waals surface area contributed by atoms with Crippen LogP contribution in [-0.4, -0.2) is 6.04 Å². The van der Waals surface area contributed by atoms with E-state index in [2.05, 4.69) is 61.6 Å². The zero-order valence-corrected chi connectivity index (χ0v) is 11.7. The maximum Gasteiger partial charge on any atom is 0.0214 e. The number of rotatable bonds is 4. The maximum atomic E-state index is 3.61. The van der Waals surface area contributed by atoms with Crippen molar-refractivity contribution in [2.75, 3.05) is 0 Å². The molecule has 1 saturated carbocycles. The molecule has 0 spiro atoms. The molecule has 0 amide bonds. The van der Waals surface area contributed by atoms with Gasteiger partial charge in [-0.2, -0.15) is 0 Å². The van der Waals surface area contributed by atoms with Crippen molar-refractivity contribution >= 4 is 0 Å². The van der Waals surface area contributed by atoms with Crippen molar-refractivity contribution in [1.82, 2.24) is 5.32 Å². The molecule has 0 heterocycles. The molecule has 0 saturated heterocycles. The Hall–Kier alpha value is -1.60. The quantitative estimate of drug-likeness (QED) is 0.857. The van der Waals surface area contributed by atoms with E-state index in [0.29, 0.717) is 0 Å². The van der Waals surface area contributed by atoms with E-state index < -0.39 is 0 Å². The molecular weight excluding hydrogens is 230 g/mol. The van der Waals surface area contributed by atoms with Crippen molar-refractivity contribution < 1.29 is 0 Å². The summed E-state index contributed by atoms with van der Waals surface area (Å²) in [5.41, 5.74) is 6.82. The van der Waals surface area contributed by atoms with Crippen molar-refractivity contribution in [2.24, 2.45) is 0 Å². The van der Waals surface area contributed by atoms with Crippen LogP contribution in [0.2, 0.25) is 0 Å². The highest BCUT2D eigenvalue weighted by Crippen LogP contribution is 2.28. The fourth-order valence-corrected chi connectivity index (χ4v) is 2.59. The van der Waals surface area contributed by atoms with Crippen molar-refractivity contribution in [1.29, 1.82) is 0 Å². The molecule has 98 valence electrons. The predicted octanol–water partition coefficient (Wildman–Crippen LogP) is 4.22. The van der Waals surface area contributed by atoms with E-state index in [9.17, 15) is 0 Å². The smallest absolute Gasteiger partial charge is 0.0214 e. The van der Waals surface area contributed by atoms with E-state index >= 15 is 0 Å². The van der Waals surface area contributed by atoms with Crippen molar-refractivity contribution in [3.05, 3.63) is 59.2 Å². The zero-order chi connectivity index (χ0) is 13.2. The molecule has 19 heavy (non-hydrogen) atoms. The molecule has 0 atom stereocenters. The molecule has 0 radical (unpaired) electrons. The lowest BCUT2D eigenvalue weighted by Gasteiger charge is -2.13. The molecule has 1 N–H and O–H groups in total. The summed E-state index contributed by atoms with van der Waals surface area (Å²) in [6, 6.07) is 16.2. The van der Waals surface area contributed by atoms with Gasteiger partial charge >= 0.3 is 0 Å². The topological polar surface area (TPSA) is 12.0 Å². The normalized spacial score (nSPS) is 14.6. The van der Waals surface area contributed by atoms with Gasteiger partial charge in [-0.15, -0.1) is 0 Å². The van der Waals surface area contributed by atoms with Gasteiger partial charge in [0.05, 0.1) is 0 Å². The molecule has 1 nitrogen and oxygen atoms in total. The molecule has 1 aliphatic carbocycles. The largest absolute Gasteiger partial charge is 0.310 e. The third-order valence-electron chi connectivity index (χ3n) is 3.85. The highest BCUT2D eigenvalue weighted by atomic mass is 14.9. The molecule has 2 aromatic carbocycles. The number of benzene rings is 2. The van der Waals surface area contributed by atoms with Gasteiger partial charge in [0.25, 0.3) is 0 Å². The minimum absolute atomic E-state index is 0.757. The molecule has 0 aromatic heterocycles. The van der Waals surface area contributed by atoms with Gasteiger partial charge in [-0.05, 0) is 48.9 Å². The minimum Gasteiger partial charge on any atom is -0.310 e. The summed E-state index contributed by atoms with van der Waals surface area (Å²) in [7, 11) is 0. The van der Waals surface area contributed by atoms with Crippen molar-refractivity contribution in [3.8, 4) is 11.1 Å². The van der Waals surface area contributed by atoms with Gasteiger partial charge in [0, 0.05) is 12.6 Å². The summed E-state index contributed by atoms with van der Waals surface area (Å²) in [6.45, 7) is 5.33. The first-order valence-electron chi connectivity index (χ1n) is 7.13. The predicted molar refractivity (Wildman–Crippen MR) is 81.2 cm³/mol. The molecule has 1 heteroatoms. The Balaban J connectivity index is 1.93. The van der Waals surface area contributed by atoms with Gasteiger partial charge in [0.1, 0.15) is 0 Å². The Kier molecular flexibility index (Phi) is 3.39. The summed E-state index contributed by atoms with van der Waals surface area (Å²) < 4.78 is 0. The molecule has 1 aliphatic rings. The standard InChI is InChI=1S/C18H21N/c1-13-7-10-17(14(2)11-13)18-6-4-3-5-15(18)12-19-16-8-9-16/h3-7,10-11,16,19H,8-9,12H2,1-2H3. The molecule has 1 fully saturated rings. The summed E-state index contributed by atoms with van der Waals surface area (Å²) >= 11 is 0. The zero-order valence-electron chi connectivity index (χ0n) is 11.7. The first-order chi connectivity index (χ1) is 9.24. The van der Waals surface area contributed by atoms with Crippen LogP contribution in [0, 0.1) is 13.8 Å². The van der Waals surface area contributed by atoms with Crippen LogP contribution in [0.25, 0.3) is 11.1 Å². The van der Waals surface area contributed by atoms with E-state index in [4.69, 9.17) is 0 Å². The third-order valence-corrected chi connectivity index (χ3v) is 3.85. The lowest BCUT2D eigenvalue weighted by atomic mass is 9.95. The Morgan fingerprint density at radius 2 is 1.79 bits per heavy atom. The molecule has 0 unspecified atom stereocenters. The number of aryl methyl sites for hydroxylation is 2. The van der Waals surface area contributed by atoms with Gasteiger partial charge in [-0.25, -0.2) is 0 Å². The summed E-state index contributed by atoms with van der Waals surface area (Å²) in [5.74, 6) is 0. The molecular formula is C18H21N. The van der Waals surface area contributed by atoms with E-state index in [1.807, 2.05) is 0 Å². The van der Waals surface area contributed by atoms with Crippen LogP contribution in [-0.2, 0) is 6.54 Å². The number of hydrogen-bond donors (Lipinski definition) is 1. The second kappa shape index (κ2) is 5.18. The van der Waals surface area contributed by atoms with E-state index in [1.165, 1.54) is 40.7 Å². The maximum absolute atomic E-state index is 3.61. The summed E-state index contributed by atoms with van der Waals surface area (Å²) in [5, 5.41) is 3.61. The highest BCUT2D eigenvalue weighted by molar-refractivity contribution is 5.70.